The molecule has 36 heavy (non-hydrogen) atoms. The fraction of sp³-hybridized carbons (Fsp3) is 0.310. The van der Waals surface area contributed by atoms with Gasteiger partial charge in [0.1, 0.15) is 6.04 Å². The molecule has 0 aliphatic heterocycles. The van der Waals surface area contributed by atoms with Gasteiger partial charge in [0.2, 0.25) is 11.8 Å². The molecule has 4 rings (SSSR count). The molecule has 1 saturated carbocycles. The minimum Gasteiger partial charge on any atom is -0.352 e. The molecular weight excluding hydrogens is 515 g/mol. The average Bonchev–Trinajstić information content (AvgIpc) is 3.37. The minimum atomic E-state index is -0.708. The molecule has 0 spiro atoms. The fourth-order valence-electron chi connectivity index (χ4n) is 4.71. The first-order valence-electron chi connectivity index (χ1n) is 12.2. The second-order valence-corrected chi connectivity index (χ2v) is 10.5. The van der Waals surface area contributed by atoms with Gasteiger partial charge in [-0.2, -0.15) is 0 Å². The van der Waals surface area contributed by atoms with Crippen LogP contribution in [0.3, 0.4) is 0 Å². The quantitative estimate of drug-likeness (QED) is 0.319. The van der Waals surface area contributed by atoms with Crippen LogP contribution < -0.4 is 5.32 Å². The van der Waals surface area contributed by atoms with Crippen molar-refractivity contribution in [1.82, 2.24) is 10.2 Å². The molecule has 2 amide bonds. The summed E-state index contributed by atoms with van der Waals surface area (Å²) in [7, 11) is 0. The van der Waals surface area contributed by atoms with E-state index < -0.39 is 6.04 Å². The number of carbonyl (C=O) groups excluding carboxylic acids is 2. The second-order valence-electron chi connectivity index (χ2n) is 9.22. The summed E-state index contributed by atoms with van der Waals surface area (Å²) >= 11 is 19.0. The molecule has 1 atom stereocenters. The molecule has 1 N–H and O–H groups in total. The van der Waals surface area contributed by atoms with Gasteiger partial charge in [0.15, 0.2) is 0 Å². The van der Waals surface area contributed by atoms with Crippen LogP contribution in [-0.4, -0.2) is 28.8 Å². The molecule has 3 aromatic carbocycles. The van der Waals surface area contributed by atoms with Gasteiger partial charge in [-0.3, -0.25) is 9.59 Å². The van der Waals surface area contributed by atoms with Crippen LogP contribution in [0.5, 0.6) is 0 Å². The van der Waals surface area contributed by atoms with Crippen LogP contribution in [0, 0.1) is 0 Å². The Labute approximate surface area is 227 Å². The molecular formula is C29H29Cl3N2O2. The molecule has 188 valence electrons. The molecule has 7 heteroatoms. The zero-order chi connectivity index (χ0) is 25.5. The number of amides is 2. The van der Waals surface area contributed by atoms with Crippen LogP contribution in [0.1, 0.15) is 42.4 Å². The number of halogens is 3. The summed E-state index contributed by atoms with van der Waals surface area (Å²) < 4.78 is 0. The van der Waals surface area contributed by atoms with Gasteiger partial charge in [-0.1, -0.05) is 96.2 Å². The number of rotatable bonds is 9. The van der Waals surface area contributed by atoms with Crippen molar-refractivity contribution in [3.05, 3.63) is 105 Å². The topological polar surface area (TPSA) is 49.4 Å². The summed E-state index contributed by atoms with van der Waals surface area (Å²) in [6, 6.07) is 21.7. The normalized spacial score (nSPS) is 14.4. The van der Waals surface area contributed by atoms with Gasteiger partial charge < -0.3 is 10.2 Å². The van der Waals surface area contributed by atoms with E-state index in [9.17, 15) is 9.59 Å². The molecule has 0 heterocycles. The zero-order valence-corrected chi connectivity index (χ0v) is 22.2. The maximum Gasteiger partial charge on any atom is 0.243 e. The molecule has 0 unspecified atom stereocenters. The van der Waals surface area contributed by atoms with Crippen molar-refractivity contribution in [2.24, 2.45) is 0 Å². The summed E-state index contributed by atoms with van der Waals surface area (Å²) in [5, 5.41) is 4.63. The summed E-state index contributed by atoms with van der Waals surface area (Å²) in [4.78, 5) is 29.2. The van der Waals surface area contributed by atoms with Crippen molar-refractivity contribution in [3.8, 4) is 0 Å². The Morgan fingerprint density at radius 3 is 2.17 bits per heavy atom. The van der Waals surface area contributed by atoms with Gasteiger partial charge in [0.25, 0.3) is 0 Å². The van der Waals surface area contributed by atoms with Crippen molar-refractivity contribution in [1.29, 1.82) is 0 Å². The van der Waals surface area contributed by atoms with Gasteiger partial charge in [0, 0.05) is 34.1 Å². The van der Waals surface area contributed by atoms with Gasteiger partial charge in [-0.25, -0.2) is 0 Å². The lowest BCUT2D eigenvalue weighted by Crippen LogP contribution is -2.52. The lowest BCUT2D eigenvalue weighted by Gasteiger charge is -2.32. The molecule has 0 radical (unpaired) electrons. The van der Waals surface area contributed by atoms with Crippen LogP contribution >= 0.6 is 34.8 Å². The van der Waals surface area contributed by atoms with Crippen LogP contribution in [0.15, 0.2) is 72.8 Å². The Hall–Kier alpha value is -2.53. The minimum absolute atomic E-state index is 0.0128. The number of hydrogen-bond acceptors (Lipinski definition) is 2. The van der Waals surface area contributed by atoms with E-state index >= 15 is 0 Å². The van der Waals surface area contributed by atoms with Crippen molar-refractivity contribution < 1.29 is 9.59 Å². The Bertz CT molecular complexity index is 1180. The number of hydrogen-bond donors (Lipinski definition) is 1. The number of carbonyl (C=O) groups is 2. The maximum atomic E-state index is 13.9. The van der Waals surface area contributed by atoms with Crippen LogP contribution in [0.4, 0.5) is 0 Å². The van der Waals surface area contributed by atoms with Crippen LogP contribution in [0.2, 0.25) is 15.1 Å². The Balaban J connectivity index is 1.69. The average molecular weight is 544 g/mol. The van der Waals surface area contributed by atoms with Crippen molar-refractivity contribution >= 4 is 46.6 Å². The number of nitrogens with zero attached hydrogens (tertiary/aromatic N) is 1. The highest BCUT2D eigenvalue weighted by Gasteiger charge is 2.32. The monoisotopic (exact) mass is 542 g/mol. The van der Waals surface area contributed by atoms with Crippen molar-refractivity contribution in [3.63, 3.8) is 0 Å². The first kappa shape index (κ1) is 26.5. The number of nitrogens with one attached hydrogen (secondary N) is 1. The van der Waals surface area contributed by atoms with Crippen LogP contribution in [0.25, 0.3) is 0 Å². The molecule has 1 fully saturated rings. The molecule has 1 aliphatic carbocycles. The highest BCUT2D eigenvalue weighted by atomic mass is 35.5. The molecule has 0 aromatic heterocycles. The van der Waals surface area contributed by atoms with Gasteiger partial charge in [-0.05, 0) is 53.8 Å². The highest BCUT2D eigenvalue weighted by Crippen LogP contribution is 2.27. The Morgan fingerprint density at radius 1 is 0.861 bits per heavy atom. The van der Waals surface area contributed by atoms with E-state index in [1.54, 1.807) is 29.2 Å². The number of benzene rings is 3. The summed E-state index contributed by atoms with van der Waals surface area (Å²) in [6.45, 7) is 0.233. The first-order chi connectivity index (χ1) is 17.4. The smallest absolute Gasteiger partial charge is 0.243 e. The summed E-state index contributed by atoms with van der Waals surface area (Å²) in [6.07, 6.45) is 4.50. The van der Waals surface area contributed by atoms with E-state index in [1.807, 2.05) is 48.5 Å². The standard InChI is InChI=1S/C29H29Cl3N2O2/c30-22-11-6-10-21(16-22)19-34(28(35)18-24-25(31)14-7-15-26(24)32)27(17-20-8-2-1-3-9-20)29(36)33-23-12-4-5-13-23/h1-3,6-11,14-16,23,27H,4-5,12-13,17-19H2,(H,33,36)/t27-/m1/s1. The zero-order valence-electron chi connectivity index (χ0n) is 19.9. The van der Waals surface area contributed by atoms with E-state index in [1.165, 1.54) is 0 Å². The third-order valence-corrected chi connectivity index (χ3v) is 7.55. The summed E-state index contributed by atoms with van der Waals surface area (Å²) in [5.41, 5.74) is 2.37. The Kier molecular flexibility index (Phi) is 9.30. The predicted octanol–water partition coefficient (Wildman–Crippen LogP) is 6.89. The lowest BCUT2D eigenvalue weighted by atomic mass is 10.0. The Morgan fingerprint density at radius 2 is 1.50 bits per heavy atom. The largest absolute Gasteiger partial charge is 0.352 e. The SMILES string of the molecule is O=C(NC1CCCC1)[C@@H](Cc1ccccc1)N(Cc1cccc(Cl)c1)C(=O)Cc1c(Cl)cccc1Cl. The van der Waals surface area contributed by atoms with E-state index in [-0.39, 0.29) is 30.8 Å². The van der Waals surface area contributed by atoms with E-state index in [4.69, 9.17) is 34.8 Å². The van der Waals surface area contributed by atoms with E-state index in [0.29, 0.717) is 27.1 Å². The molecule has 0 saturated heterocycles. The maximum absolute atomic E-state index is 13.9. The highest BCUT2D eigenvalue weighted by molar-refractivity contribution is 6.36. The van der Waals surface area contributed by atoms with Crippen molar-refractivity contribution in [2.75, 3.05) is 0 Å². The van der Waals surface area contributed by atoms with Crippen molar-refractivity contribution in [2.45, 2.75) is 57.2 Å². The molecule has 3 aromatic rings. The summed E-state index contributed by atoms with van der Waals surface area (Å²) in [5.74, 6) is -0.376. The molecule has 0 bridgehead atoms. The van der Waals surface area contributed by atoms with E-state index in [2.05, 4.69) is 5.32 Å². The third-order valence-electron chi connectivity index (χ3n) is 6.60. The van der Waals surface area contributed by atoms with Crippen LogP contribution in [-0.2, 0) is 29.0 Å². The molecule has 1 aliphatic rings. The predicted molar refractivity (Wildman–Crippen MR) is 147 cm³/mol. The molecule has 4 nitrogen and oxygen atoms in total. The fourth-order valence-corrected chi connectivity index (χ4v) is 5.45. The second kappa shape index (κ2) is 12.6. The lowest BCUT2D eigenvalue weighted by molar-refractivity contribution is -0.141. The van der Waals surface area contributed by atoms with Gasteiger partial charge >= 0.3 is 0 Å². The van der Waals surface area contributed by atoms with E-state index in [0.717, 1.165) is 36.8 Å². The first-order valence-corrected chi connectivity index (χ1v) is 13.3. The van der Waals surface area contributed by atoms with Gasteiger partial charge in [0.05, 0.1) is 6.42 Å². The van der Waals surface area contributed by atoms with Gasteiger partial charge in [-0.15, -0.1) is 0 Å². The third kappa shape index (κ3) is 7.03.